The molecular formula is C19H21FN7O+. The van der Waals surface area contributed by atoms with Gasteiger partial charge in [-0.15, -0.1) is 5.10 Å². The molecule has 0 atom stereocenters. The fraction of sp³-hybridized carbons (Fsp3) is 0.263. The summed E-state index contributed by atoms with van der Waals surface area (Å²) in [5.74, 6) is -0.240. The lowest BCUT2D eigenvalue weighted by Gasteiger charge is -2.33. The summed E-state index contributed by atoms with van der Waals surface area (Å²) in [6.45, 7) is 3.84. The van der Waals surface area contributed by atoms with Crippen molar-refractivity contribution >= 4 is 17.3 Å². The van der Waals surface area contributed by atoms with Gasteiger partial charge in [-0.25, -0.2) is 9.07 Å². The molecule has 9 heteroatoms. The van der Waals surface area contributed by atoms with Gasteiger partial charge in [-0.1, -0.05) is 0 Å². The van der Waals surface area contributed by atoms with Gasteiger partial charge in [-0.3, -0.25) is 4.79 Å². The first kappa shape index (κ1) is 18.1. The molecule has 144 valence electrons. The van der Waals surface area contributed by atoms with Gasteiger partial charge >= 0.3 is 0 Å². The molecule has 1 aliphatic rings. The molecule has 4 rings (SSSR count). The fourth-order valence-electron chi connectivity index (χ4n) is 3.32. The second-order valence-corrected chi connectivity index (χ2v) is 6.74. The predicted molar refractivity (Wildman–Crippen MR) is 102 cm³/mol. The van der Waals surface area contributed by atoms with E-state index in [9.17, 15) is 9.18 Å². The van der Waals surface area contributed by atoms with Crippen LogP contribution < -0.4 is 15.1 Å². The van der Waals surface area contributed by atoms with Crippen molar-refractivity contribution < 1.29 is 14.1 Å². The van der Waals surface area contributed by atoms with Gasteiger partial charge in [0.05, 0.1) is 31.9 Å². The van der Waals surface area contributed by atoms with E-state index in [0.717, 1.165) is 43.2 Å². The lowest BCUT2D eigenvalue weighted by molar-refractivity contribution is -0.892. The van der Waals surface area contributed by atoms with Gasteiger partial charge in [0.1, 0.15) is 12.1 Å². The van der Waals surface area contributed by atoms with E-state index in [1.807, 2.05) is 24.3 Å². The van der Waals surface area contributed by atoms with Gasteiger partial charge in [0, 0.05) is 11.4 Å². The topological polar surface area (TPSA) is 80.4 Å². The number of hydrogen-bond acceptors (Lipinski definition) is 5. The summed E-state index contributed by atoms with van der Waals surface area (Å²) >= 11 is 0. The number of carbonyl (C=O) groups excluding carboxylic acids is 1. The molecule has 1 aliphatic heterocycles. The van der Waals surface area contributed by atoms with Gasteiger partial charge in [0.25, 0.3) is 5.91 Å². The first-order valence-electron chi connectivity index (χ1n) is 9.15. The standard InChI is InChI=1S/C19H20FN7O/c20-15-1-5-17(6-2-15)26-11-9-25(10-12-26)13-19(28)22-16-3-7-18(8-4-16)27-14-21-23-24-27/h1-8,14H,9-13H2,(H,22,28)/p+1. The SMILES string of the molecule is O=C(C[NH+]1CCN(c2ccc(F)cc2)CC1)Nc1ccc(-n2cnnn2)cc1. The van der Waals surface area contributed by atoms with E-state index in [4.69, 9.17) is 0 Å². The minimum absolute atomic E-state index is 0.0135. The van der Waals surface area contributed by atoms with Crippen molar-refractivity contribution in [3.05, 3.63) is 60.7 Å². The Balaban J connectivity index is 1.26. The Bertz CT molecular complexity index is 904. The number of rotatable bonds is 5. The maximum absolute atomic E-state index is 13.1. The highest BCUT2D eigenvalue weighted by Gasteiger charge is 2.22. The number of aromatic nitrogens is 4. The first-order chi connectivity index (χ1) is 13.7. The molecule has 1 aromatic heterocycles. The highest BCUT2D eigenvalue weighted by atomic mass is 19.1. The number of piperazine rings is 1. The molecule has 1 amide bonds. The van der Waals surface area contributed by atoms with Crippen LogP contribution in [0.15, 0.2) is 54.9 Å². The molecule has 8 nitrogen and oxygen atoms in total. The number of quaternary nitrogens is 1. The summed E-state index contributed by atoms with van der Waals surface area (Å²) in [5.41, 5.74) is 2.59. The number of hydrogen-bond donors (Lipinski definition) is 2. The third-order valence-corrected chi connectivity index (χ3v) is 4.84. The molecule has 1 fully saturated rings. The Kier molecular flexibility index (Phi) is 5.24. The lowest BCUT2D eigenvalue weighted by Crippen LogP contribution is -3.15. The number of anilines is 2. The molecule has 0 aliphatic carbocycles. The van der Waals surface area contributed by atoms with Crippen LogP contribution >= 0.6 is 0 Å². The van der Waals surface area contributed by atoms with E-state index >= 15 is 0 Å². The number of nitrogens with one attached hydrogen (secondary N) is 2. The van der Waals surface area contributed by atoms with Crippen LogP contribution in [0.25, 0.3) is 5.69 Å². The van der Waals surface area contributed by atoms with E-state index < -0.39 is 0 Å². The molecule has 2 aromatic carbocycles. The second kappa shape index (κ2) is 8.13. The monoisotopic (exact) mass is 382 g/mol. The van der Waals surface area contributed by atoms with E-state index in [-0.39, 0.29) is 11.7 Å². The van der Waals surface area contributed by atoms with Crippen LogP contribution in [0.1, 0.15) is 0 Å². The second-order valence-electron chi connectivity index (χ2n) is 6.74. The zero-order valence-electron chi connectivity index (χ0n) is 15.3. The van der Waals surface area contributed by atoms with Gasteiger partial charge in [-0.2, -0.15) is 0 Å². The highest BCUT2D eigenvalue weighted by molar-refractivity contribution is 5.91. The normalized spacial score (nSPS) is 14.8. The zero-order valence-corrected chi connectivity index (χ0v) is 15.3. The molecule has 3 aromatic rings. The molecule has 0 unspecified atom stereocenters. The van der Waals surface area contributed by atoms with Crippen molar-refractivity contribution in [1.29, 1.82) is 0 Å². The Morgan fingerprint density at radius 1 is 1.04 bits per heavy atom. The van der Waals surface area contributed by atoms with Gasteiger partial charge < -0.3 is 15.1 Å². The molecule has 0 radical (unpaired) electrons. The number of carbonyl (C=O) groups is 1. The first-order valence-corrected chi connectivity index (χ1v) is 9.15. The zero-order chi connectivity index (χ0) is 19.3. The highest BCUT2D eigenvalue weighted by Crippen LogP contribution is 2.14. The third-order valence-electron chi connectivity index (χ3n) is 4.84. The van der Waals surface area contributed by atoms with E-state index in [1.165, 1.54) is 23.4 Å². The summed E-state index contributed by atoms with van der Waals surface area (Å²) < 4.78 is 14.6. The Morgan fingerprint density at radius 3 is 2.36 bits per heavy atom. The van der Waals surface area contributed by atoms with Crippen LogP contribution in [0.4, 0.5) is 15.8 Å². The average molecular weight is 382 g/mol. The fourth-order valence-corrected chi connectivity index (χ4v) is 3.32. The van der Waals surface area contributed by atoms with Crippen molar-refractivity contribution in [2.75, 3.05) is 42.9 Å². The minimum Gasteiger partial charge on any atom is -0.360 e. The van der Waals surface area contributed by atoms with Gasteiger partial charge in [0.2, 0.25) is 0 Å². The van der Waals surface area contributed by atoms with Crippen molar-refractivity contribution in [2.45, 2.75) is 0 Å². The number of tetrazole rings is 1. The number of halogens is 1. The summed E-state index contributed by atoms with van der Waals surface area (Å²) in [4.78, 5) is 15.8. The number of nitrogens with zero attached hydrogens (tertiary/aromatic N) is 5. The van der Waals surface area contributed by atoms with Crippen molar-refractivity contribution in [2.24, 2.45) is 0 Å². The third kappa shape index (κ3) is 4.32. The Labute approximate surface area is 161 Å². The molecule has 1 saturated heterocycles. The van der Waals surface area contributed by atoms with Crippen LogP contribution in [0.2, 0.25) is 0 Å². The summed E-state index contributed by atoms with van der Waals surface area (Å²) in [7, 11) is 0. The van der Waals surface area contributed by atoms with E-state index in [2.05, 4.69) is 25.7 Å². The van der Waals surface area contributed by atoms with Crippen molar-refractivity contribution in [1.82, 2.24) is 20.2 Å². The Morgan fingerprint density at radius 2 is 1.71 bits per heavy atom. The number of amides is 1. The lowest BCUT2D eigenvalue weighted by atomic mass is 10.2. The van der Waals surface area contributed by atoms with Crippen molar-refractivity contribution in [3.8, 4) is 5.69 Å². The molecule has 2 heterocycles. The maximum Gasteiger partial charge on any atom is 0.279 e. The molecule has 28 heavy (non-hydrogen) atoms. The minimum atomic E-state index is -0.226. The number of benzene rings is 2. The largest absolute Gasteiger partial charge is 0.360 e. The van der Waals surface area contributed by atoms with Gasteiger partial charge in [0.15, 0.2) is 6.54 Å². The molecule has 2 N–H and O–H groups in total. The average Bonchev–Trinajstić information content (AvgIpc) is 3.25. The van der Waals surface area contributed by atoms with Crippen LogP contribution in [-0.4, -0.2) is 58.8 Å². The van der Waals surface area contributed by atoms with Crippen LogP contribution in [0, 0.1) is 5.82 Å². The predicted octanol–water partition coefficient (Wildman–Crippen LogP) is 0.145. The van der Waals surface area contributed by atoms with E-state index in [1.54, 1.807) is 16.8 Å². The van der Waals surface area contributed by atoms with Gasteiger partial charge in [-0.05, 0) is 59.0 Å². The summed E-state index contributed by atoms with van der Waals surface area (Å²) in [6, 6.07) is 13.9. The van der Waals surface area contributed by atoms with E-state index in [0.29, 0.717) is 6.54 Å². The van der Waals surface area contributed by atoms with Crippen LogP contribution in [-0.2, 0) is 4.79 Å². The van der Waals surface area contributed by atoms with Crippen LogP contribution in [0.3, 0.4) is 0 Å². The van der Waals surface area contributed by atoms with Crippen LogP contribution in [0.5, 0.6) is 0 Å². The molecule has 0 bridgehead atoms. The Hall–Kier alpha value is -3.33. The summed E-state index contributed by atoms with van der Waals surface area (Å²) in [6.07, 6.45) is 1.52. The molecule has 0 spiro atoms. The molecular weight excluding hydrogens is 361 g/mol. The molecule has 0 saturated carbocycles. The quantitative estimate of drug-likeness (QED) is 0.657. The van der Waals surface area contributed by atoms with Crippen molar-refractivity contribution in [3.63, 3.8) is 0 Å². The smallest absolute Gasteiger partial charge is 0.279 e. The summed E-state index contributed by atoms with van der Waals surface area (Å²) in [5, 5.41) is 14.0. The maximum atomic E-state index is 13.1.